The third-order valence-electron chi connectivity index (χ3n) is 5.21. The van der Waals surface area contributed by atoms with Crippen molar-refractivity contribution in [3.05, 3.63) is 91.0 Å². The molecule has 0 spiro atoms. The Balaban J connectivity index is 2.16. The Kier molecular flexibility index (Phi) is 6.46. The van der Waals surface area contributed by atoms with E-state index in [1.54, 1.807) is 0 Å². The van der Waals surface area contributed by atoms with Gasteiger partial charge in [0.05, 0.1) is 0 Å². The van der Waals surface area contributed by atoms with E-state index < -0.39 is 14.0 Å². The van der Waals surface area contributed by atoms with Crippen LogP contribution in [0.1, 0.15) is 0 Å². The van der Waals surface area contributed by atoms with Gasteiger partial charge in [-0.2, -0.15) is 0 Å². The van der Waals surface area contributed by atoms with E-state index in [9.17, 15) is 0 Å². The molecule has 0 fully saturated rings. The number of benzene rings is 3. The van der Waals surface area contributed by atoms with Gasteiger partial charge in [-0.3, -0.25) is 0 Å². The molecule has 3 aromatic carbocycles. The summed E-state index contributed by atoms with van der Waals surface area (Å²) in [5, 5.41) is 3.46. The Hall–Kier alpha value is -1.44. The van der Waals surface area contributed by atoms with Crippen molar-refractivity contribution in [2.24, 2.45) is 0 Å². The monoisotopic (exact) mass is 428 g/mol. The first-order valence-electron chi connectivity index (χ1n) is 9.82. The molecule has 0 amide bonds. The molecule has 28 heavy (non-hydrogen) atoms. The summed E-state index contributed by atoms with van der Waals surface area (Å²) in [7, 11) is -1.17. The van der Waals surface area contributed by atoms with Gasteiger partial charge in [0.15, 0.2) is 0 Å². The fourth-order valence-electron chi connectivity index (χ4n) is 3.50. The Labute approximate surface area is 175 Å². The maximum atomic E-state index is 7.94. The van der Waals surface area contributed by atoms with Gasteiger partial charge in [-0.15, -0.1) is 0 Å². The van der Waals surface area contributed by atoms with Crippen LogP contribution in [-0.4, -0.2) is 21.0 Å². The molecule has 4 heteroatoms. The van der Waals surface area contributed by atoms with Crippen LogP contribution in [-0.2, 0) is 4.74 Å². The SMILES string of the molecule is C[Si](C)(C)CCOCP(Cl)(c1ccccc1)(c1ccccc1)c1ccccc1. The summed E-state index contributed by atoms with van der Waals surface area (Å²) in [5.41, 5.74) is 0. The minimum absolute atomic E-state index is 0.510. The van der Waals surface area contributed by atoms with Crippen molar-refractivity contribution in [1.82, 2.24) is 0 Å². The van der Waals surface area contributed by atoms with Crippen molar-refractivity contribution < 1.29 is 4.74 Å². The second-order valence-electron chi connectivity index (χ2n) is 8.54. The Morgan fingerprint density at radius 3 is 1.36 bits per heavy atom. The van der Waals surface area contributed by atoms with Crippen LogP contribution in [0.4, 0.5) is 0 Å². The zero-order chi connectivity index (χ0) is 20.1. The molecule has 0 aliphatic heterocycles. The van der Waals surface area contributed by atoms with E-state index in [-0.39, 0.29) is 0 Å². The van der Waals surface area contributed by atoms with E-state index >= 15 is 0 Å². The standard InChI is InChI=1S/C24H30ClOPSi/c1-28(2,3)20-19-26-21-27(25,22-13-7-4-8-14-22,23-15-9-5-10-16-23)24-17-11-6-12-18-24/h4-18H,19-21H2,1-3H3. The van der Waals surface area contributed by atoms with E-state index in [4.69, 9.17) is 16.0 Å². The van der Waals surface area contributed by atoms with Gasteiger partial charge in [0.1, 0.15) is 0 Å². The zero-order valence-corrected chi connectivity index (χ0v) is 19.7. The molecule has 0 radical (unpaired) electrons. The van der Waals surface area contributed by atoms with Crippen molar-refractivity contribution >= 4 is 41.2 Å². The number of rotatable bonds is 8. The van der Waals surface area contributed by atoms with Crippen LogP contribution in [0, 0.1) is 0 Å². The molecule has 3 rings (SSSR count). The van der Waals surface area contributed by atoms with Gasteiger partial charge in [-0.25, -0.2) is 0 Å². The first kappa shape index (κ1) is 21.3. The molecule has 0 bridgehead atoms. The molecule has 148 valence electrons. The quantitative estimate of drug-likeness (QED) is 0.243. The third kappa shape index (κ3) is 4.26. The van der Waals surface area contributed by atoms with Crippen molar-refractivity contribution in [2.45, 2.75) is 25.7 Å². The van der Waals surface area contributed by atoms with E-state index in [0.717, 1.165) is 28.6 Å². The summed E-state index contributed by atoms with van der Waals surface area (Å²) in [4.78, 5) is 0. The molecule has 0 aromatic heterocycles. The Morgan fingerprint density at radius 2 is 1.04 bits per heavy atom. The van der Waals surface area contributed by atoms with Crippen LogP contribution in [0.3, 0.4) is 0 Å². The molecule has 0 saturated heterocycles. The molecular weight excluding hydrogens is 399 g/mol. The molecule has 0 saturated carbocycles. The van der Waals surface area contributed by atoms with E-state index in [0.29, 0.717) is 6.35 Å². The van der Waals surface area contributed by atoms with Crippen LogP contribution in [0.2, 0.25) is 25.7 Å². The molecule has 0 heterocycles. The van der Waals surface area contributed by atoms with Crippen molar-refractivity contribution in [3.63, 3.8) is 0 Å². The van der Waals surface area contributed by atoms with Gasteiger partial charge in [0.2, 0.25) is 0 Å². The maximum absolute atomic E-state index is 7.94. The van der Waals surface area contributed by atoms with Gasteiger partial charge < -0.3 is 0 Å². The van der Waals surface area contributed by atoms with Crippen LogP contribution in [0.25, 0.3) is 0 Å². The number of hydrogen-bond acceptors (Lipinski definition) is 1. The fraction of sp³-hybridized carbons (Fsp3) is 0.250. The average Bonchev–Trinajstić information content (AvgIpc) is 2.72. The molecule has 1 nitrogen and oxygen atoms in total. The van der Waals surface area contributed by atoms with Gasteiger partial charge in [0.25, 0.3) is 0 Å². The fourth-order valence-corrected chi connectivity index (χ4v) is 9.67. The first-order chi connectivity index (χ1) is 13.3. The number of halogens is 1. The van der Waals surface area contributed by atoms with Gasteiger partial charge in [0, 0.05) is 0 Å². The van der Waals surface area contributed by atoms with Crippen molar-refractivity contribution in [2.75, 3.05) is 13.0 Å². The molecule has 0 unspecified atom stereocenters. The minimum atomic E-state index is -3.27. The second kappa shape index (κ2) is 8.51. The van der Waals surface area contributed by atoms with Gasteiger partial charge >= 0.3 is 176 Å². The Bertz CT molecular complexity index is 779. The normalized spacial score (nSPS) is 13.6. The molecule has 0 N–H and O–H groups in total. The number of hydrogen-bond donors (Lipinski definition) is 0. The zero-order valence-electron chi connectivity index (χ0n) is 17.0. The summed E-state index contributed by atoms with van der Waals surface area (Å²) in [6.07, 6.45) is 0.510. The van der Waals surface area contributed by atoms with Crippen LogP contribution >= 0.6 is 17.2 Å². The summed E-state index contributed by atoms with van der Waals surface area (Å²) in [6.45, 7) is 7.89. The summed E-state index contributed by atoms with van der Waals surface area (Å²) < 4.78 is 6.40. The Morgan fingerprint density at radius 1 is 0.679 bits per heavy atom. The second-order valence-corrected chi connectivity index (χ2v) is 20.6. The molecule has 0 aliphatic carbocycles. The summed E-state index contributed by atoms with van der Waals surface area (Å²) in [6, 6.07) is 32.7. The average molecular weight is 429 g/mol. The topological polar surface area (TPSA) is 9.23 Å². The first-order valence-corrected chi connectivity index (χ1v) is 16.9. The van der Waals surface area contributed by atoms with Crippen molar-refractivity contribution in [1.29, 1.82) is 0 Å². The van der Waals surface area contributed by atoms with E-state index in [2.05, 4.69) is 92.4 Å². The summed E-state index contributed by atoms with van der Waals surface area (Å²) in [5.74, 6) is -3.27. The van der Waals surface area contributed by atoms with Crippen LogP contribution in [0.15, 0.2) is 91.0 Å². The van der Waals surface area contributed by atoms with Gasteiger partial charge in [-0.05, 0) is 0 Å². The van der Waals surface area contributed by atoms with E-state index in [1.165, 1.54) is 0 Å². The molecule has 3 aromatic rings. The predicted molar refractivity (Wildman–Crippen MR) is 130 cm³/mol. The van der Waals surface area contributed by atoms with E-state index in [1.807, 2.05) is 18.2 Å². The number of ether oxygens (including phenoxy) is 1. The predicted octanol–water partition coefficient (Wildman–Crippen LogP) is 5.98. The van der Waals surface area contributed by atoms with Gasteiger partial charge in [-0.1, -0.05) is 0 Å². The molecular formula is C24H30ClOPSi. The van der Waals surface area contributed by atoms with Crippen molar-refractivity contribution in [3.8, 4) is 0 Å². The molecule has 0 aliphatic rings. The van der Waals surface area contributed by atoms with Crippen LogP contribution in [0.5, 0.6) is 0 Å². The molecule has 0 atom stereocenters. The van der Waals surface area contributed by atoms with Crippen LogP contribution < -0.4 is 15.9 Å². The third-order valence-corrected chi connectivity index (χ3v) is 13.8. The summed E-state index contributed by atoms with van der Waals surface area (Å²) >= 11 is 7.94.